The van der Waals surface area contributed by atoms with Crippen molar-refractivity contribution < 1.29 is 38.5 Å². The molecule has 0 fully saturated rings. The SMILES string of the molecule is COc1cc2sc(C(=O)C[C@H](C)C(C)=O)cc2cc1CCOc1cc2cc(C(=O)C[C@H](C)C(=O)O)sc2cc1OC. The molecule has 0 spiro atoms. The molecule has 0 aliphatic heterocycles. The largest absolute Gasteiger partial charge is 0.496 e. The number of carbonyl (C=O) groups excluding carboxylic acids is 3. The van der Waals surface area contributed by atoms with Crippen LogP contribution in [0.3, 0.4) is 0 Å². The van der Waals surface area contributed by atoms with Gasteiger partial charge in [0.2, 0.25) is 0 Å². The minimum Gasteiger partial charge on any atom is -0.496 e. The van der Waals surface area contributed by atoms with Gasteiger partial charge in [0, 0.05) is 40.6 Å². The molecule has 2 aromatic heterocycles. The molecule has 0 saturated carbocycles. The van der Waals surface area contributed by atoms with Gasteiger partial charge in [-0.25, -0.2) is 0 Å². The second-order valence-electron chi connectivity index (χ2n) is 10.1. The molecule has 0 radical (unpaired) electrons. The van der Waals surface area contributed by atoms with Crippen molar-refractivity contribution in [2.45, 2.75) is 40.0 Å². The van der Waals surface area contributed by atoms with Crippen LogP contribution in [0.4, 0.5) is 0 Å². The van der Waals surface area contributed by atoms with Gasteiger partial charge < -0.3 is 19.3 Å². The minimum absolute atomic E-state index is 0.00232. The molecule has 0 unspecified atom stereocenters. The smallest absolute Gasteiger partial charge is 0.306 e. The van der Waals surface area contributed by atoms with Crippen molar-refractivity contribution in [3.8, 4) is 17.2 Å². The van der Waals surface area contributed by atoms with Gasteiger partial charge in [-0.2, -0.15) is 0 Å². The molecule has 2 atom stereocenters. The van der Waals surface area contributed by atoms with Gasteiger partial charge in [0.1, 0.15) is 11.5 Å². The van der Waals surface area contributed by atoms with Crippen molar-refractivity contribution in [3.63, 3.8) is 0 Å². The molecular formula is C31H32O8S2. The van der Waals surface area contributed by atoms with Crippen LogP contribution in [0, 0.1) is 11.8 Å². The summed E-state index contributed by atoms with van der Waals surface area (Å²) in [6, 6.07) is 11.2. The molecule has 10 heteroatoms. The number of fused-ring (bicyclic) bond motifs is 2. The molecule has 4 rings (SSSR count). The zero-order valence-electron chi connectivity index (χ0n) is 23.6. The monoisotopic (exact) mass is 596 g/mol. The molecular weight excluding hydrogens is 564 g/mol. The third kappa shape index (κ3) is 6.94. The lowest BCUT2D eigenvalue weighted by atomic mass is 10.00. The average molecular weight is 597 g/mol. The summed E-state index contributed by atoms with van der Waals surface area (Å²) < 4.78 is 19.0. The van der Waals surface area contributed by atoms with Crippen LogP contribution in [0.15, 0.2) is 36.4 Å². The highest BCUT2D eigenvalue weighted by Crippen LogP contribution is 2.38. The van der Waals surface area contributed by atoms with Gasteiger partial charge in [-0.1, -0.05) is 13.8 Å². The molecule has 2 heterocycles. The number of Topliss-reactive ketones (excluding diaryl/α,β-unsaturated/α-hetero) is 3. The topological polar surface area (TPSA) is 116 Å². The summed E-state index contributed by atoms with van der Waals surface area (Å²) in [4.78, 5) is 49.2. The molecule has 0 aliphatic carbocycles. The van der Waals surface area contributed by atoms with E-state index in [-0.39, 0.29) is 36.1 Å². The highest BCUT2D eigenvalue weighted by molar-refractivity contribution is 7.21. The number of carboxylic acid groups (broad SMARTS) is 1. The Labute approximate surface area is 245 Å². The Bertz CT molecular complexity index is 1510. The lowest BCUT2D eigenvalue weighted by Gasteiger charge is -2.13. The number of ether oxygens (including phenoxy) is 3. The van der Waals surface area contributed by atoms with E-state index in [1.807, 2.05) is 30.3 Å². The van der Waals surface area contributed by atoms with E-state index >= 15 is 0 Å². The zero-order valence-corrected chi connectivity index (χ0v) is 25.2. The Morgan fingerprint density at radius 3 is 1.83 bits per heavy atom. The van der Waals surface area contributed by atoms with Crippen molar-refractivity contribution in [2.24, 2.45) is 11.8 Å². The van der Waals surface area contributed by atoms with Crippen LogP contribution in [-0.4, -0.2) is 49.3 Å². The van der Waals surface area contributed by atoms with E-state index < -0.39 is 11.9 Å². The van der Waals surface area contributed by atoms with Crippen molar-refractivity contribution in [1.29, 1.82) is 0 Å². The number of rotatable bonds is 14. The van der Waals surface area contributed by atoms with Crippen molar-refractivity contribution >= 4 is 66.2 Å². The van der Waals surface area contributed by atoms with Gasteiger partial charge in [-0.3, -0.25) is 19.2 Å². The summed E-state index contributed by atoms with van der Waals surface area (Å²) in [6.07, 6.45) is 0.654. The first-order chi connectivity index (χ1) is 19.5. The van der Waals surface area contributed by atoms with E-state index in [1.54, 1.807) is 27.2 Å². The van der Waals surface area contributed by atoms with E-state index in [2.05, 4.69) is 0 Å². The van der Waals surface area contributed by atoms with E-state index in [0.29, 0.717) is 40.0 Å². The number of hydrogen-bond acceptors (Lipinski definition) is 9. The highest BCUT2D eigenvalue weighted by atomic mass is 32.1. The van der Waals surface area contributed by atoms with E-state index in [9.17, 15) is 19.2 Å². The fourth-order valence-electron chi connectivity index (χ4n) is 4.35. The van der Waals surface area contributed by atoms with Gasteiger partial charge in [-0.15, -0.1) is 22.7 Å². The third-order valence-corrected chi connectivity index (χ3v) is 9.28. The average Bonchev–Trinajstić information content (AvgIpc) is 3.55. The fourth-order valence-corrected chi connectivity index (χ4v) is 6.40. The van der Waals surface area contributed by atoms with Gasteiger partial charge in [0.25, 0.3) is 0 Å². The second kappa shape index (κ2) is 12.8. The maximum atomic E-state index is 12.7. The normalized spacial score (nSPS) is 12.7. The molecule has 0 bridgehead atoms. The van der Waals surface area contributed by atoms with E-state index in [0.717, 1.165) is 25.7 Å². The maximum Gasteiger partial charge on any atom is 0.306 e. The molecule has 0 aliphatic rings. The van der Waals surface area contributed by atoms with Crippen LogP contribution in [-0.2, 0) is 16.0 Å². The molecule has 1 N–H and O–H groups in total. The van der Waals surface area contributed by atoms with Crippen LogP contribution in [0.2, 0.25) is 0 Å². The number of methoxy groups -OCH3 is 2. The predicted molar refractivity (Wildman–Crippen MR) is 160 cm³/mol. The van der Waals surface area contributed by atoms with E-state index in [1.165, 1.54) is 36.5 Å². The molecule has 8 nitrogen and oxygen atoms in total. The Morgan fingerprint density at radius 2 is 1.29 bits per heavy atom. The van der Waals surface area contributed by atoms with Gasteiger partial charge in [-0.05, 0) is 53.6 Å². The molecule has 41 heavy (non-hydrogen) atoms. The van der Waals surface area contributed by atoms with Crippen molar-refractivity contribution in [2.75, 3.05) is 20.8 Å². The standard InChI is InChI=1S/C31H32O8S2/c1-16(18(3)32)8-22(33)29-12-20-10-19(24(37-4)14-27(20)40-29)6-7-39-26-11-21-13-30(23(34)9-17(2)31(35)36)41-28(21)15-25(26)38-5/h10-17H,6-9H2,1-5H3,(H,35,36)/t16-,17-/m0/s1. The van der Waals surface area contributed by atoms with Crippen LogP contribution < -0.4 is 14.2 Å². The van der Waals surface area contributed by atoms with E-state index in [4.69, 9.17) is 19.3 Å². The number of ketones is 3. The predicted octanol–water partition coefficient (Wildman–Crippen LogP) is 6.85. The Hall–Kier alpha value is -3.76. The highest BCUT2D eigenvalue weighted by Gasteiger charge is 2.21. The quantitative estimate of drug-likeness (QED) is 0.157. The summed E-state index contributed by atoms with van der Waals surface area (Å²) in [5.41, 5.74) is 0.921. The number of benzene rings is 2. The second-order valence-corrected chi connectivity index (χ2v) is 12.2. The summed E-state index contributed by atoms with van der Waals surface area (Å²) in [7, 11) is 3.15. The zero-order chi connectivity index (χ0) is 29.8. The van der Waals surface area contributed by atoms with Crippen LogP contribution >= 0.6 is 22.7 Å². The Balaban J connectivity index is 1.50. The number of thiophene rings is 2. The molecule has 4 aromatic rings. The van der Waals surface area contributed by atoms with Gasteiger partial charge >= 0.3 is 5.97 Å². The third-order valence-electron chi connectivity index (χ3n) is 7.00. The Kier molecular flexibility index (Phi) is 9.45. The Morgan fingerprint density at radius 1 is 0.756 bits per heavy atom. The minimum atomic E-state index is -1.00. The number of carboxylic acids is 1. The molecule has 0 amide bonds. The fraction of sp³-hybridized carbons (Fsp3) is 0.355. The van der Waals surface area contributed by atoms with Crippen LogP contribution in [0.5, 0.6) is 17.2 Å². The first-order valence-electron chi connectivity index (χ1n) is 13.1. The lowest BCUT2D eigenvalue weighted by Crippen LogP contribution is -2.13. The summed E-state index contributed by atoms with van der Waals surface area (Å²) in [5, 5.41) is 10.9. The van der Waals surface area contributed by atoms with Crippen molar-refractivity contribution in [3.05, 3.63) is 51.7 Å². The van der Waals surface area contributed by atoms with Crippen LogP contribution in [0.1, 0.15) is 58.5 Å². The molecule has 2 aromatic carbocycles. The molecule has 0 saturated heterocycles. The molecule has 216 valence electrons. The first kappa shape index (κ1) is 30.2. The summed E-state index contributed by atoms with van der Waals surface area (Å²) in [6.45, 7) is 5.10. The van der Waals surface area contributed by atoms with Gasteiger partial charge in [0.15, 0.2) is 23.1 Å². The number of aliphatic carboxylic acids is 1. The lowest BCUT2D eigenvalue weighted by molar-refractivity contribution is -0.141. The van der Waals surface area contributed by atoms with Crippen molar-refractivity contribution in [1.82, 2.24) is 0 Å². The number of hydrogen-bond donors (Lipinski definition) is 1. The summed E-state index contributed by atoms with van der Waals surface area (Å²) in [5.74, 6) is -0.580. The van der Waals surface area contributed by atoms with Crippen LogP contribution in [0.25, 0.3) is 20.2 Å². The maximum absolute atomic E-state index is 12.7. The number of carbonyl (C=O) groups is 4. The van der Waals surface area contributed by atoms with Gasteiger partial charge in [0.05, 0.1) is 36.5 Å². The summed E-state index contributed by atoms with van der Waals surface area (Å²) >= 11 is 2.69. The first-order valence-corrected chi connectivity index (χ1v) is 14.8.